The zero-order chi connectivity index (χ0) is 17.6. The maximum Gasteiger partial charge on any atom is 0.255 e. The van der Waals surface area contributed by atoms with Crippen molar-refractivity contribution >= 4 is 5.91 Å². The molecular formula is C20H22N4O. The zero-order valence-electron chi connectivity index (χ0n) is 14.5. The number of hydrogen-bond acceptors (Lipinski definition) is 3. The van der Waals surface area contributed by atoms with E-state index in [2.05, 4.69) is 10.4 Å². The average Bonchev–Trinajstić information content (AvgIpc) is 3.08. The van der Waals surface area contributed by atoms with Crippen LogP contribution >= 0.6 is 0 Å². The first-order valence-electron chi connectivity index (χ1n) is 8.28. The van der Waals surface area contributed by atoms with Crippen LogP contribution in [0.2, 0.25) is 0 Å². The molecule has 25 heavy (non-hydrogen) atoms. The number of likely N-dealkylation sites (N-methyl/N-ethyl adjacent to an activating group) is 1. The normalized spacial score (nSPS) is 10.8. The maximum atomic E-state index is 12.7. The Bertz CT molecular complexity index is 825. The van der Waals surface area contributed by atoms with Crippen molar-refractivity contribution in [3.05, 3.63) is 72.4 Å². The van der Waals surface area contributed by atoms with Crippen LogP contribution in [-0.4, -0.2) is 47.8 Å². The largest absolute Gasteiger partial charge is 0.351 e. The summed E-state index contributed by atoms with van der Waals surface area (Å²) < 4.78 is 1.82. The molecule has 3 rings (SSSR count). The Kier molecular flexibility index (Phi) is 5.26. The monoisotopic (exact) mass is 334 g/mol. The van der Waals surface area contributed by atoms with Gasteiger partial charge in [0.25, 0.3) is 5.91 Å². The summed E-state index contributed by atoms with van der Waals surface area (Å²) in [6, 6.07) is 19.7. The number of para-hydroxylation sites is 1. The zero-order valence-corrected chi connectivity index (χ0v) is 14.5. The molecule has 0 saturated heterocycles. The minimum atomic E-state index is -0.108. The lowest BCUT2D eigenvalue weighted by atomic mass is 10.1. The predicted octanol–water partition coefficient (Wildman–Crippen LogP) is 2.83. The fraction of sp³-hybridized carbons (Fsp3) is 0.200. The minimum Gasteiger partial charge on any atom is -0.351 e. The van der Waals surface area contributed by atoms with Gasteiger partial charge in [-0.3, -0.25) is 4.79 Å². The highest BCUT2D eigenvalue weighted by molar-refractivity contribution is 6.00. The molecule has 0 bridgehead atoms. The molecule has 2 aromatic carbocycles. The second-order valence-corrected chi connectivity index (χ2v) is 6.08. The van der Waals surface area contributed by atoms with Crippen molar-refractivity contribution in [1.82, 2.24) is 20.0 Å². The number of carbonyl (C=O) groups is 1. The minimum absolute atomic E-state index is 0.108. The summed E-state index contributed by atoms with van der Waals surface area (Å²) in [6.45, 7) is 1.38. The molecule has 1 N–H and O–H groups in total. The number of nitrogens with one attached hydrogen (secondary N) is 1. The number of benzene rings is 2. The summed E-state index contributed by atoms with van der Waals surface area (Å²) >= 11 is 0. The number of hydrogen-bond donors (Lipinski definition) is 1. The van der Waals surface area contributed by atoms with Gasteiger partial charge in [-0.25, -0.2) is 4.68 Å². The van der Waals surface area contributed by atoms with Crippen molar-refractivity contribution in [2.45, 2.75) is 0 Å². The van der Waals surface area contributed by atoms with Crippen LogP contribution in [0.3, 0.4) is 0 Å². The van der Waals surface area contributed by atoms with Gasteiger partial charge in [-0.2, -0.15) is 5.10 Å². The van der Waals surface area contributed by atoms with Crippen molar-refractivity contribution in [2.24, 2.45) is 0 Å². The number of rotatable bonds is 6. The first-order chi connectivity index (χ1) is 12.2. The fourth-order valence-corrected chi connectivity index (χ4v) is 2.64. The van der Waals surface area contributed by atoms with Gasteiger partial charge in [0.2, 0.25) is 0 Å². The molecule has 0 spiro atoms. The number of carbonyl (C=O) groups excluding carboxylic acids is 1. The quantitative estimate of drug-likeness (QED) is 0.754. The van der Waals surface area contributed by atoms with Crippen molar-refractivity contribution in [3.63, 3.8) is 0 Å². The lowest BCUT2D eigenvalue weighted by Gasteiger charge is -2.12. The molecule has 0 fully saturated rings. The van der Waals surface area contributed by atoms with E-state index in [1.807, 2.05) is 84.3 Å². The summed E-state index contributed by atoms with van der Waals surface area (Å²) in [5, 5.41) is 7.44. The van der Waals surface area contributed by atoms with Crippen LogP contribution in [0.1, 0.15) is 10.4 Å². The molecule has 0 aliphatic carbocycles. The third-order valence-electron chi connectivity index (χ3n) is 3.91. The molecule has 0 unspecified atom stereocenters. The van der Waals surface area contributed by atoms with Gasteiger partial charge in [-0.05, 0) is 26.2 Å². The topological polar surface area (TPSA) is 50.2 Å². The molecular weight excluding hydrogens is 312 g/mol. The van der Waals surface area contributed by atoms with E-state index >= 15 is 0 Å². The van der Waals surface area contributed by atoms with Crippen LogP contribution in [0.15, 0.2) is 66.9 Å². The van der Waals surface area contributed by atoms with Gasteiger partial charge in [0.05, 0.1) is 23.1 Å². The van der Waals surface area contributed by atoms with Crippen molar-refractivity contribution < 1.29 is 4.79 Å². The predicted molar refractivity (Wildman–Crippen MR) is 99.9 cm³/mol. The van der Waals surface area contributed by atoms with Crippen LogP contribution in [-0.2, 0) is 0 Å². The summed E-state index contributed by atoms with van der Waals surface area (Å²) in [5.74, 6) is -0.108. The van der Waals surface area contributed by atoms with E-state index in [0.717, 1.165) is 23.5 Å². The highest BCUT2D eigenvalue weighted by Gasteiger charge is 2.19. The highest BCUT2D eigenvalue weighted by atomic mass is 16.1. The number of amides is 1. The van der Waals surface area contributed by atoms with E-state index < -0.39 is 0 Å². The summed E-state index contributed by atoms with van der Waals surface area (Å²) in [5.41, 5.74) is 3.26. The van der Waals surface area contributed by atoms with Gasteiger partial charge in [0, 0.05) is 18.7 Å². The molecule has 1 aromatic heterocycles. The van der Waals surface area contributed by atoms with E-state index in [0.29, 0.717) is 12.1 Å². The molecule has 3 aromatic rings. The van der Waals surface area contributed by atoms with E-state index in [-0.39, 0.29) is 5.91 Å². The summed E-state index contributed by atoms with van der Waals surface area (Å²) in [6.07, 6.45) is 1.64. The molecule has 0 aliphatic rings. The average molecular weight is 334 g/mol. The van der Waals surface area contributed by atoms with Gasteiger partial charge in [0.1, 0.15) is 0 Å². The Morgan fingerprint density at radius 2 is 1.68 bits per heavy atom. The first kappa shape index (κ1) is 16.9. The Hall–Kier alpha value is -2.92. The van der Waals surface area contributed by atoms with E-state index in [1.54, 1.807) is 6.20 Å². The molecule has 1 amide bonds. The second-order valence-electron chi connectivity index (χ2n) is 6.08. The van der Waals surface area contributed by atoms with Crippen molar-refractivity contribution in [1.29, 1.82) is 0 Å². The lowest BCUT2D eigenvalue weighted by molar-refractivity contribution is 0.0951. The van der Waals surface area contributed by atoms with E-state index in [1.165, 1.54) is 0 Å². The Balaban J connectivity index is 1.99. The first-order valence-corrected chi connectivity index (χ1v) is 8.28. The Morgan fingerprint density at radius 1 is 1.04 bits per heavy atom. The van der Waals surface area contributed by atoms with Crippen LogP contribution in [0.5, 0.6) is 0 Å². The van der Waals surface area contributed by atoms with E-state index in [4.69, 9.17) is 0 Å². The third-order valence-corrected chi connectivity index (χ3v) is 3.91. The standard InChI is InChI=1S/C20H22N4O/c1-23(2)14-13-21-20(25)18-15-22-24(17-11-7-4-8-12-17)19(18)16-9-5-3-6-10-16/h3-12,15H,13-14H2,1-2H3,(H,21,25). The third kappa shape index (κ3) is 3.95. The van der Waals surface area contributed by atoms with Gasteiger partial charge in [0.15, 0.2) is 0 Å². The summed E-state index contributed by atoms with van der Waals surface area (Å²) in [7, 11) is 3.96. The van der Waals surface area contributed by atoms with Crippen molar-refractivity contribution in [3.8, 4) is 16.9 Å². The molecule has 5 nitrogen and oxygen atoms in total. The van der Waals surface area contributed by atoms with Crippen LogP contribution in [0.4, 0.5) is 0 Å². The van der Waals surface area contributed by atoms with Gasteiger partial charge in [-0.15, -0.1) is 0 Å². The Labute approximate surface area is 147 Å². The molecule has 0 radical (unpaired) electrons. The van der Waals surface area contributed by atoms with Crippen molar-refractivity contribution in [2.75, 3.05) is 27.2 Å². The van der Waals surface area contributed by atoms with Crippen LogP contribution < -0.4 is 5.32 Å². The smallest absolute Gasteiger partial charge is 0.255 e. The molecule has 1 heterocycles. The SMILES string of the molecule is CN(C)CCNC(=O)c1cnn(-c2ccccc2)c1-c1ccccc1. The van der Waals surface area contributed by atoms with Gasteiger partial charge < -0.3 is 10.2 Å². The number of nitrogens with zero attached hydrogens (tertiary/aromatic N) is 3. The molecule has 128 valence electrons. The summed E-state index contributed by atoms with van der Waals surface area (Å²) in [4.78, 5) is 14.7. The molecule has 0 aliphatic heterocycles. The molecule has 0 saturated carbocycles. The van der Waals surface area contributed by atoms with Gasteiger partial charge in [-0.1, -0.05) is 48.5 Å². The lowest BCUT2D eigenvalue weighted by Crippen LogP contribution is -2.31. The molecule has 5 heteroatoms. The van der Waals surface area contributed by atoms with Crippen LogP contribution in [0, 0.1) is 0 Å². The Morgan fingerprint density at radius 3 is 2.32 bits per heavy atom. The number of aromatic nitrogens is 2. The second kappa shape index (κ2) is 7.77. The molecule has 0 atom stereocenters. The maximum absolute atomic E-state index is 12.7. The van der Waals surface area contributed by atoms with E-state index in [9.17, 15) is 4.79 Å². The van der Waals surface area contributed by atoms with Crippen LogP contribution in [0.25, 0.3) is 16.9 Å². The fourth-order valence-electron chi connectivity index (χ4n) is 2.64. The highest BCUT2D eigenvalue weighted by Crippen LogP contribution is 2.26. The van der Waals surface area contributed by atoms with Gasteiger partial charge >= 0.3 is 0 Å².